The summed E-state index contributed by atoms with van der Waals surface area (Å²) >= 11 is 0. The number of carbonyl (C=O) groups excluding carboxylic acids is 1. The number of sulfonamides is 1. The van der Waals surface area contributed by atoms with E-state index in [2.05, 4.69) is 36.2 Å². The normalized spacial score (nSPS) is 14.9. The summed E-state index contributed by atoms with van der Waals surface area (Å²) < 4.78 is 30.2. The molecule has 1 N–H and O–H groups in total. The average molecular weight is 567 g/mol. The molecule has 0 spiro atoms. The highest BCUT2D eigenvalue weighted by atomic mass is 32.2. The Morgan fingerprint density at radius 3 is 2.42 bits per heavy atom. The molecule has 40 heavy (non-hydrogen) atoms. The summed E-state index contributed by atoms with van der Waals surface area (Å²) in [6.07, 6.45) is 6.43. The molecule has 9 heteroatoms. The number of nitrogens with one attached hydrogen (secondary N) is 1. The predicted molar refractivity (Wildman–Crippen MR) is 160 cm³/mol. The minimum absolute atomic E-state index is 0.0173. The van der Waals surface area contributed by atoms with Crippen LogP contribution in [0.3, 0.4) is 0 Å². The Kier molecular flexibility index (Phi) is 9.81. The Morgan fingerprint density at radius 2 is 1.77 bits per heavy atom. The van der Waals surface area contributed by atoms with E-state index >= 15 is 0 Å². The van der Waals surface area contributed by atoms with Gasteiger partial charge in [-0.2, -0.15) is 4.31 Å². The van der Waals surface area contributed by atoms with Crippen molar-refractivity contribution >= 4 is 26.8 Å². The maximum Gasteiger partial charge on any atom is 0.256 e. The molecule has 1 aromatic heterocycles. The summed E-state index contributed by atoms with van der Waals surface area (Å²) in [7, 11) is -2.15. The van der Waals surface area contributed by atoms with Gasteiger partial charge in [-0.25, -0.2) is 8.42 Å². The molecule has 1 aliphatic carbocycles. The number of benzene rings is 2. The summed E-state index contributed by atoms with van der Waals surface area (Å²) in [6, 6.07) is 15.1. The lowest BCUT2D eigenvalue weighted by atomic mass is 9.96. The van der Waals surface area contributed by atoms with Crippen LogP contribution >= 0.6 is 0 Å². The van der Waals surface area contributed by atoms with Crippen molar-refractivity contribution in [3.8, 4) is 0 Å². The van der Waals surface area contributed by atoms with Crippen LogP contribution in [0.1, 0.15) is 68.8 Å². The van der Waals surface area contributed by atoms with E-state index in [1.165, 1.54) is 15.9 Å². The first-order chi connectivity index (χ1) is 19.1. The molecule has 0 aliphatic heterocycles. The fourth-order valence-electron chi connectivity index (χ4n) is 5.51. The lowest BCUT2D eigenvalue weighted by Crippen LogP contribution is -2.39. The Bertz CT molecular complexity index is 1480. The standard InChI is InChI=1S/C31H42N4O4S/c1-5-34-22-28(31(37)32-18-19-35(23(2)3)21-24-12-8-6-9-13-24)30(36)27-20-26(16-17-29(27)34)40(38,39)33(4)25-14-10-7-11-15-25/h6,8-9,12-13,16-17,20,22-23,25H,5,7,10-11,14-15,18-19,21H2,1-4H3,(H,32,37). The third kappa shape index (κ3) is 6.65. The van der Waals surface area contributed by atoms with E-state index in [1.807, 2.05) is 29.7 Å². The van der Waals surface area contributed by atoms with Gasteiger partial charge in [0.05, 0.1) is 10.4 Å². The highest BCUT2D eigenvalue weighted by Crippen LogP contribution is 2.27. The third-order valence-electron chi connectivity index (χ3n) is 8.05. The van der Waals surface area contributed by atoms with Crippen LogP contribution in [0.25, 0.3) is 10.9 Å². The first-order valence-corrected chi connectivity index (χ1v) is 15.8. The van der Waals surface area contributed by atoms with Crippen molar-refractivity contribution in [1.82, 2.24) is 19.1 Å². The fraction of sp³-hybridized carbons (Fsp3) is 0.484. The van der Waals surface area contributed by atoms with Crippen LogP contribution in [0.4, 0.5) is 0 Å². The molecule has 1 saturated carbocycles. The van der Waals surface area contributed by atoms with Gasteiger partial charge >= 0.3 is 0 Å². The number of aryl methyl sites for hydroxylation is 1. The van der Waals surface area contributed by atoms with Gasteiger partial charge in [0.25, 0.3) is 5.91 Å². The monoisotopic (exact) mass is 566 g/mol. The zero-order valence-electron chi connectivity index (χ0n) is 24.1. The summed E-state index contributed by atoms with van der Waals surface area (Å²) in [4.78, 5) is 29.1. The maximum absolute atomic E-state index is 13.5. The van der Waals surface area contributed by atoms with Crippen molar-refractivity contribution in [2.45, 2.75) is 82.9 Å². The number of pyridine rings is 1. The van der Waals surface area contributed by atoms with Crippen LogP contribution in [-0.2, 0) is 23.1 Å². The van der Waals surface area contributed by atoms with Gasteiger partial charge in [-0.05, 0) is 57.4 Å². The fourth-order valence-corrected chi connectivity index (χ4v) is 6.96. The van der Waals surface area contributed by atoms with Gasteiger partial charge in [0.2, 0.25) is 15.5 Å². The van der Waals surface area contributed by atoms with E-state index in [4.69, 9.17) is 0 Å². The van der Waals surface area contributed by atoms with Crippen molar-refractivity contribution in [3.05, 3.63) is 76.1 Å². The second kappa shape index (κ2) is 13.1. The van der Waals surface area contributed by atoms with Gasteiger partial charge in [0.15, 0.2) is 0 Å². The SMILES string of the molecule is CCn1cc(C(=O)NCCN(Cc2ccccc2)C(C)C)c(=O)c2cc(S(=O)(=O)N(C)C3CCCCC3)ccc21. The summed E-state index contributed by atoms with van der Waals surface area (Å²) in [6.45, 7) is 8.47. The summed E-state index contributed by atoms with van der Waals surface area (Å²) in [5.41, 5.74) is 1.36. The van der Waals surface area contributed by atoms with E-state index in [0.29, 0.717) is 25.2 Å². The Balaban J connectivity index is 1.56. The number of fused-ring (bicyclic) bond motifs is 1. The molecule has 1 amide bonds. The molecule has 1 heterocycles. The quantitative estimate of drug-likeness (QED) is 0.366. The lowest BCUT2D eigenvalue weighted by molar-refractivity contribution is 0.0942. The largest absolute Gasteiger partial charge is 0.351 e. The number of hydrogen-bond donors (Lipinski definition) is 1. The molecule has 0 saturated heterocycles. The minimum Gasteiger partial charge on any atom is -0.351 e. The van der Waals surface area contributed by atoms with Gasteiger partial charge in [-0.15, -0.1) is 0 Å². The number of nitrogens with zero attached hydrogens (tertiary/aromatic N) is 3. The van der Waals surface area contributed by atoms with Crippen molar-refractivity contribution in [3.63, 3.8) is 0 Å². The first kappa shape index (κ1) is 30.0. The van der Waals surface area contributed by atoms with Crippen molar-refractivity contribution in [2.24, 2.45) is 0 Å². The average Bonchev–Trinajstić information content (AvgIpc) is 2.97. The second-order valence-electron chi connectivity index (χ2n) is 11.0. The zero-order chi connectivity index (χ0) is 28.9. The number of hydrogen-bond acceptors (Lipinski definition) is 5. The molecular formula is C31H42N4O4S. The highest BCUT2D eigenvalue weighted by molar-refractivity contribution is 7.89. The lowest BCUT2D eigenvalue weighted by Gasteiger charge is -2.30. The highest BCUT2D eigenvalue weighted by Gasteiger charge is 2.29. The van der Waals surface area contributed by atoms with E-state index in [1.54, 1.807) is 25.4 Å². The van der Waals surface area contributed by atoms with Crippen molar-refractivity contribution in [1.29, 1.82) is 0 Å². The molecule has 1 fully saturated rings. The van der Waals surface area contributed by atoms with Crippen LogP contribution in [0.15, 0.2) is 64.4 Å². The van der Waals surface area contributed by atoms with Gasteiger partial charge in [0.1, 0.15) is 5.56 Å². The molecule has 216 valence electrons. The molecule has 8 nitrogen and oxygen atoms in total. The van der Waals surface area contributed by atoms with Gasteiger partial charge in [-0.3, -0.25) is 14.5 Å². The van der Waals surface area contributed by atoms with Gasteiger partial charge in [0, 0.05) is 56.9 Å². The van der Waals surface area contributed by atoms with Crippen LogP contribution in [0.5, 0.6) is 0 Å². The second-order valence-corrected chi connectivity index (χ2v) is 13.0. The number of amides is 1. The molecule has 0 atom stereocenters. The third-order valence-corrected chi connectivity index (χ3v) is 9.95. The Morgan fingerprint density at radius 1 is 1.07 bits per heavy atom. The predicted octanol–water partition coefficient (Wildman–Crippen LogP) is 4.62. The topological polar surface area (TPSA) is 91.7 Å². The van der Waals surface area contributed by atoms with Crippen molar-refractivity contribution < 1.29 is 13.2 Å². The number of aromatic nitrogens is 1. The maximum atomic E-state index is 13.5. The first-order valence-electron chi connectivity index (χ1n) is 14.3. The van der Waals surface area contributed by atoms with E-state index in [0.717, 1.165) is 38.6 Å². The molecule has 0 unspecified atom stereocenters. The summed E-state index contributed by atoms with van der Waals surface area (Å²) in [5.74, 6) is -0.454. The molecule has 0 radical (unpaired) electrons. The van der Waals surface area contributed by atoms with Crippen LogP contribution in [0.2, 0.25) is 0 Å². The molecule has 0 bridgehead atoms. The van der Waals surface area contributed by atoms with E-state index in [-0.39, 0.29) is 27.9 Å². The number of carbonyl (C=O) groups is 1. The van der Waals surface area contributed by atoms with E-state index < -0.39 is 21.4 Å². The Labute approximate surface area is 238 Å². The smallest absolute Gasteiger partial charge is 0.256 e. The summed E-state index contributed by atoms with van der Waals surface area (Å²) in [5, 5.41) is 3.15. The molecule has 2 aromatic carbocycles. The van der Waals surface area contributed by atoms with Crippen LogP contribution in [-0.4, -0.2) is 60.3 Å². The molecule has 4 rings (SSSR count). The van der Waals surface area contributed by atoms with Crippen LogP contribution in [0, 0.1) is 0 Å². The van der Waals surface area contributed by atoms with Gasteiger partial charge in [-0.1, -0.05) is 49.6 Å². The molecule has 3 aromatic rings. The van der Waals surface area contributed by atoms with E-state index in [9.17, 15) is 18.0 Å². The zero-order valence-corrected chi connectivity index (χ0v) is 24.9. The van der Waals surface area contributed by atoms with Crippen LogP contribution < -0.4 is 10.7 Å². The number of rotatable bonds is 11. The van der Waals surface area contributed by atoms with Gasteiger partial charge < -0.3 is 9.88 Å². The molecule has 1 aliphatic rings. The molecular weight excluding hydrogens is 524 g/mol. The minimum atomic E-state index is -3.78. The Hall–Kier alpha value is -3.01. The van der Waals surface area contributed by atoms with Crippen molar-refractivity contribution in [2.75, 3.05) is 20.1 Å².